The fourth-order valence-corrected chi connectivity index (χ4v) is 2.49. The van der Waals surface area contributed by atoms with Gasteiger partial charge < -0.3 is 0 Å². The van der Waals surface area contributed by atoms with Gasteiger partial charge in [0, 0.05) is 23.0 Å². The minimum absolute atomic E-state index is 0.278. The van der Waals surface area contributed by atoms with Gasteiger partial charge in [-0.25, -0.2) is 9.67 Å². The van der Waals surface area contributed by atoms with Gasteiger partial charge in [0.05, 0.1) is 5.02 Å². The van der Waals surface area contributed by atoms with Gasteiger partial charge in [-0.1, -0.05) is 29.3 Å². The number of carbonyl (C=O) groups excluding carboxylic acids is 1. The predicted octanol–water partition coefficient (Wildman–Crippen LogP) is 3.86. The van der Waals surface area contributed by atoms with Gasteiger partial charge in [0.25, 0.3) is 0 Å². The van der Waals surface area contributed by atoms with Crippen molar-refractivity contribution in [2.24, 2.45) is 0 Å². The Labute approximate surface area is 142 Å². The number of rotatable bonds is 4. The first-order chi connectivity index (χ1) is 11.1. The highest BCUT2D eigenvalue weighted by Crippen LogP contribution is 2.25. The molecule has 0 amide bonds. The molecule has 5 nitrogen and oxygen atoms in total. The monoisotopic (exact) mass is 344 g/mol. The van der Waals surface area contributed by atoms with Crippen LogP contribution in [0.2, 0.25) is 10.0 Å². The van der Waals surface area contributed by atoms with Crippen LogP contribution in [-0.2, 0) is 0 Å². The van der Waals surface area contributed by atoms with Gasteiger partial charge in [-0.3, -0.25) is 9.78 Å². The SMILES string of the molecule is O=C(/C(=C/c1cccnc1)n1cncn1)c1ccc(Cl)cc1Cl. The van der Waals surface area contributed by atoms with Crippen LogP contribution in [0.1, 0.15) is 15.9 Å². The van der Waals surface area contributed by atoms with Crippen molar-refractivity contribution in [3.05, 3.63) is 76.6 Å². The van der Waals surface area contributed by atoms with Gasteiger partial charge >= 0.3 is 0 Å². The summed E-state index contributed by atoms with van der Waals surface area (Å²) in [4.78, 5) is 20.8. The summed E-state index contributed by atoms with van der Waals surface area (Å²) >= 11 is 12.0. The molecular formula is C16H10Cl2N4O. The van der Waals surface area contributed by atoms with Crippen LogP contribution < -0.4 is 0 Å². The second kappa shape index (κ2) is 6.73. The van der Waals surface area contributed by atoms with Crippen LogP contribution in [-0.4, -0.2) is 25.5 Å². The van der Waals surface area contributed by atoms with Crippen LogP contribution in [0.25, 0.3) is 11.8 Å². The Morgan fingerprint density at radius 1 is 1.17 bits per heavy atom. The molecule has 0 aliphatic rings. The van der Waals surface area contributed by atoms with Crippen LogP contribution >= 0.6 is 23.2 Å². The maximum Gasteiger partial charge on any atom is 0.212 e. The molecule has 0 atom stereocenters. The van der Waals surface area contributed by atoms with E-state index in [1.807, 2.05) is 6.07 Å². The van der Waals surface area contributed by atoms with Crippen LogP contribution in [0.4, 0.5) is 0 Å². The van der Waals surface area contributed by atoms with E-state index in [4.69, 9.17) is 23.2 Å². The molecule has 2 heterocycles. The van der Waals surface area contributed by atoms with Crippen molar-refractivity contribution in [2.45, 2.75) is 0 Å². The summed E-state index contributed by atoms with van der Waals surface area (Å²) in [5, 5.41) is 4.77. The molecule has 3 aromatic rings. The van der Waals surface area contributed by atoms with Crippen molar-refractivity contribution in [3.8, 4) is 0 Å². The second-order valence-electron chi connectivity index (χ2n) is 4.61. The first kappa shape index (κ1) is 15.4. The van der Waals surface area contributed by atoms with E-state index in [2.05, 4.69) is 15.1 Å². The molecule has 0 unspecified atom stereocenters. The number of aromatic nitrogens is 4. The van der Waals surface area contributed by atoms with Crippen molar-refractivity contribution in [1.29, 1.82) is 0 Å². The summed E-state index contributed by atoms with van der Waals surface area (Å²) < 4.78 is 1.39. The number of ketones is 1. The minimum Gasteiger partial charge on any atom is -0.287 e. The van der Waals surface area contributed by atoms with Crippen LogP contribution in [0.15, 0.2) is 55.4 Å². The number of hydrogen-bond donors (Lipinski definition) is 0. The van der Waals surface area contributed by atoms with E-state index in [1.54, 1.807) is 36.7 Å². The first-order valence-electron chi connectivity index (χ1n) is 6.61. The van der Waals surface area contributed by atoms with E-state index >= 15 is 0 Å². The van der Waals surface area contributed by atoms with E-state index in [1.165, 1.54) is 23.4 Å². The normalized spacial score (nSPS) is 11.5. The van der Waals surface area contributed by atoms with Gasteiger partial charge in [-0.15, -0.1) is 0 Å². The molecule has 0 fully saturated rings. The third kappa shape index (κ3) is 3.47. The topological polar surface area (TPSA) is 60.7 Å². The summed E-state index contributed by atoms with van der Waals surface area (Å²) in [6, 6.07) is 8.34. The summed E-state index contributed by atoms with van der Waals surface area (Å²) in [6.07, 6.45) is 7.78. The Morgan fingerprint density at radius 3 is 2.70 bits per heavy atom. The summed E-state index contributed by atoms with van der Waals surface area (Å²) in [5.41, 5.74) is 1.40. The number of allylic oxidation sites excluding steroid dienone is 1. The third-order valence-electron chi connectivity index (χ3n) is 3.06. The van der Waals surface area contributed by atoms with Gasteiger partial charge in [-0.2, -0.15) is 5.10 Å². The lowest BCUT2D eigenvalue weighted by atomic mass is 10.1. The van der Waals surface area contributed by atoms with Gasteiger partial charge in [-0.05, 0) is 35.9 Å². The second-order valence-corrected chi connectivity index (χ2v) is 5.45. The molecule has 23 heavy (non-hydrogen) atoms. The van der Waals surface area contributed by atoms with Crippen molar-refractivity contribution in [3.63, 3.8) is 0 Å². The number of hydrogen-bond acceptors (Lipinski definition) is 4. The van der Waals surface area contributed by atoms with Gasteiger partial charge in [0.1, 0.15) is 18.4 Å². The van der Waals surface area contributed by atoms with Crippen molar-refractivity contribution in [1.82, 2.24) is 19.7 Å². The van der Waals surface area contributed by atoms with Crippen LogP contribution in [0.3, 0.4) is 0 Å². The highest BCUT2D eigenvalue weighted by atomic mass is 35.5. The molecule has 0 radical (unpaired) electrons. The van der Waals surface area contributed by atoms with E-state index in [0.29, 0.717) is 16.3 Å². The number of benzene rings is 1. The van der Waals surface area contributed by atoms with Crippen molar-refractivity contribution < 1.29 is 4.79 Å². The Morgan fingerprint density at radius 2 is 2.04 bits per heavy atom. The molecule has 0 bridgehead atoms. The highest BCUT2D eigenvalue weighted by molar-refractivity contribution is 6.40. The van der Waals surface area contributed by atoms with Crippen LogP contribution in [0.5, 0.6) is 0 Å². The predicted molar refractivity (Wildman–Crippen MR) is 89.2 cm³/mol. The molecule has 2 aromatic heterocycles. The zero-order valence-electron chi connectivity index (χ0n) is 11.7. The van der Waals surface area contributed by atoms with Crippen molar-refractivity contribution in [2.75, 3.05) is 0 Å². The lowest BCUT2D eigenvalue weighted by molar-refractivity contribution is 0.105. The molecule has 0 saturated carbocycles. The summed E-state index contributed by atoms with van der Waals surface area (Å²) in [7, 11) is 0. The fraction of sp³-hybridized carbons (Fsp3) is 0. The Hall–Kier alpha value is -2.50. The third-order valence-corrected chi connectivity index (χ3v) is 3.61. The fourth-order valence-electron chi connectivity index (χ4n) is 2.00. The molecule has 1 aromatic carbocycles. The molecule has 0 spiro atoms. The Balaban J connectivity index is 2.09. The number of halogens is 2. The van der Waals surface area contributed by atoms with Crippen LogP contribution in [0, 0.1) is 0 Å². The zero-order valence-corrected chi connectivity index (χ0v) is 13.2. The molecule has 0 saturated heterocycles. The minimum atomic E-state index is -0.291. The highest BCUT2D eigenvalue weighted by Gasteiger charge is 2.18. The van der Waals surface area contributed by atoms with E-state index < -0.39 is 0 Å². The lowest BCUT2D eigenvalue weighted by Gasteiger charge is -2.08. The quantitative estimate of drug-likeness (QED) is 0.532. The number of carbonyl (C=O) groups is 1. The average molecular weight is 345 g/mol. The number of Topliss-reactive ketones (excluding diaryl/α,β-unsaturated/α-hetero) is 1. The largest absolute Gasteiger partial charge is 0.287 e. The molecule has 0 aliphatic carbocycles. The summed E-state index contributed by atoms with van der Waals surface area (Å²) in [5.74, 6) is -0.291. The van der Waals surface area contributed by atoms with Gasteiger partial charge in [0.15, 0.2) is 0 Å². The zero-order chi connectivity index (χ0) is 16.2. The van der Waals surface area contributed by atoms with E-state index in [9.17, 15) is 4.79 Å². The molecule has 0 aliphatic heterocycles. The summed E-state index contributed by atoms with van der Waals surface area (Å²) in [6.45, 7) is 0. The number of nitrogens with zero attached hydrogens (tertiary/aromatic N) is 4. The average Bonchev–Trinajstić information content (AvgIpc) is 3.07. The molecule has 114 valence electrons. The maximum atomic E-state index is 12.9. The maximum absolute atomic E-state index is 12.9. The lowest BCUT2D eigenvalue weighted by Crippen LogP contribution is -2.10. The number of pyridine rings is 1. The standard InChI is InChI=1S/C16H10Cl2N4O/c17-12-3-4-13(14(18)7-12)16(23)15(22-10-20-9-21-22)6-11-2-1-5-19-8-11/h1-10H/b15-6-. The van der Waals surface area contributed by atoms with Gasteiger partial charge in [0.2, 0.25) is 5.78 Å². The molecule has 0 N–H and O–H groups in total. The molecular weight excluding hydrogens is 335 g/mol. The van der Waals surface area contributed by atoms with E-state index in [0.717, 1.165) is 5.56 Å². The smallest absolute Gasteiger partial charge is 0.212 e. The van der Waals surface area contributed by atoms with E-state index in [-0.39, 0.29) is 10.8 Å². The van der Waals surface area contributed by atoms with Crippen molar-refractivity contribution >= 4 is 40.8 Å². The Bertz CT molecular complexity index is 861. The molecule has 7 heteroatoms. The first-order valence-corrected chi connectivity index (χ1v) is 7.37. The Kier molecular flexibility index (Phi) is 4.50. The molecule has 3 rings (SSSR count).